The molecule has 2 aromatic carbocycles. The smallest absolute Gasteiger partial charge is 0.242 e. The normalized spacial score (nSPS) is 12.9. The Labute approximate surface area is 239 Å². The number of sulfonamides is 1. The van der Waals surface area contributed by atoms with Gasteiger partial charge in [-0.1, -0.05) is 48.0 Å². The first-order valence-corrected chi connectivity index (χ1v) is 14.8. The molecule has 208 valence electrons. The van der Waals surface area contributed by atoms with Gasteiger partial charge in [0.15, 0.2) is 11.5 Å². The van der Waals surface area contributed by atoms with Crippen LogP contribution in [0, 0.1) is 0 Å². The van der Waals surface area contributed by atoms with Gasteiger partial charge >= 0.3 is 0 Å². The van der Waals surface area contributed by atoms with E-state index < -0.39 is 15.6 Å². The van der Waals surface area contributed by atoms with Gasteiger partial charge in [-0.2, -0.15) is 0 Å². The molecule has 40 heavy (non-hydrogen) atoms. The number of benzene rings is 2. The van der Waals surface area contributed by atoms with Gasteiger partial charge in [-0.15, -0.1) is 0 Å². The molecule has 0 radical (unpaired) electrons. The molecular weight excluding hydrogens is 550 g/mol. The number of nitrogens with one attached hydrogen (secondary N) is 1. The fraction of sp³-hybridized carbons (Fsp3) is 0.267. The first-order chi connectivity index (χ1) is 19.2. The maximum atomic E-state index is 12.8. The van der Waals surface area contributed by atoms with E-state index in [9.17, 15) is 8.42 Å². The Balaban J connectivity index is 1.23. The molecule has 1 aliphatic rings. The van der Waals surface area contributed by atoms with Crippen molar-refractivity contribution < 1.29 is 22.6 Å². The highest BCUT2D eigenvalue weighted by atomic mass is 35.5. The summed E-state index contributed by atoms with van der Waals surface area (Å²) in [6, 6.07) is 22.6. The molecule has 0 amide bonds. The van der Waals surface area contributed by atoms with E-state index in [1.807, 2.05) is 74.5 Å². The van der Waals surface area contributed by atoms with Gasteiger partial charge in [0.1, 0.15) is 10.0 Å². The van der Waals surface area contributed by atoms with E-state index in [1.54, 1.807) is 0 Å². The predicted molar refractivity (Wildman–Crippen MR) is 154 cm³/mol. The number of aromatic nitrogens is 2. The van der Waals surface area contributed by atoms with Crippen LogP contribution in [0.4, 0.5) is 0 Å². The Morgan fingerprint density at radius 1 is 0.925 bits per heavy atom. The van der Waals surface area contributed by atoms with Gasteiger partial charge in [-0.05, 0) is 74.6 Å². The number of rotatable bonds is 11. The molecule has 0 spiro atoms. The van der Waals surface area contributed by atoms with Crippen molar-refractivity contribution in [3.8, 4) is 39.8 Å². The molecule has 1 aliphatic heterocycles. The van der Waals surface area contributed by atoms with E-state index in [2.05, 4.69) is 9.71 Å². The van der Waals surface area contributed by atoms with E-state index in [4.69, 9.17) is 30.8 Å². The number of halogens is 1. The van der Waals surface area contributed by atoms with Crippen LogP contribution in [0.1, 0.15) is 33.1 Å². The van der Waals surface area contributed by atoms with E-state index >= 15 is 0 Å². The van der Waals surface area contributed by atoms with Crippen LogP contribution in [0.15, 0.2) is 83.9 Å². The molecule has 0 fully saturated rings. The molecule has 3 heterocycles. The average molecular weight is 580 g/mol. The second kappa shape index (κ2) is 11.8. The van der Waals surface area contributed by atoms with Crippen LogP contribution in [-0.2, 0) is 10.0 Å². The van der Waals surface area contributed by atoms with Crippen LogP contribution in [0.2, 0.25) is 5.15 Å². The average Bonchev–Trinajstić information content (AvgIpc) is 3.41. The van der Waals surface area contributed by atoms with E-state index in [-0.39, 0.29) is 16.8 Å². The van der Waals surface area contributed by atoms with E-state index in [1.165, 1.54) is 18.3 Å². The molecule has 0 atom stereocenters. The van der Waals surface area contributed by atoms with Gasteiger partial charge in [0.2, 0.25) is 22.7 Å². The Morgan fingerprint density at radius 3 is 2.50 bits per heavy atom. The van der Waals surface area contributed by atoms with Crippen molar-refractivity contribution in [1.82, 2.24) is 14.7 Å². The van der Waals surface area contributed by atoms with Crippen molar-refractivity contribution in [2.45, 2.75) is 43.5 Å². The second-order valence-corrected chi connectivity index (χ2v) is 12.2. The van der Waals surface area contributed by atoms with Gasteiger partial charge in [0.05, 0.1) is 12.3 Å². The molecule has 0 aliphatic carbocycles. The lowest BCUT2D eigenvalue weighted by Gasteiger charge is -2.26. The van der Waals surface area contributed by atoms with Crippen LogP contribution in [0.5, 0.6) is 17.4 Å². The molecule has 2 aromatic heterocycles. The second-order valence-electron chi connectivity index (χ2n) is 10.1. The lowest BCUT2D eigenvalue weighted by molar-refractivity contribution is 0.174. The topological polar surface area (TPSA) is 99.6 Å². The largest absolute Gasteiger partial charge is 0.478 e. The summed E-state index contributed by atoms with van der Waals surface area (Å²) in [6.45, 7) is 4.37. The van der Waals surface area contributed by atoms with Crippen LogP contribution in [0.3, 0.4) is 0 Å². The molecule has 1 N–H and O–H groups in total. The lowest BCUT2D eigenvalue weighted by Crippen LogP contribution is -2.43. The summed E-state index contributed by atoms with van der Waals surface area (Å²) < 4.78 is 45.4. The number of fused-ring (bicyclic) bond motifs is 1. The zero-order chi connectivity index (χ0) is 28.2. The fourth-order valence-electron chi connectivity index (χ4n) is 4.42. The summed E-state index contributed by atoms with van der Waals surface area (Å²) in [5, 5.41) is 0.241. The maximum absolute atomic E-state index is 12.8. The number of ether oxygens (including phenoxy) is 3. The Hall–Kier alpha value is -3.66. The van der Waals surface area contributed by atoms with Crippen molar-refractivity contribution in [3.63, 3.8) is 0 Å². The van der Waals surface area contributed by atoms with Gasteiger partial charge in [-0.3, -0.25) is 0 Å². The fourth-order valence-corrected chi connectivity index (χ4v) is 5.92. The Morgan fingerprint density at radius 2 is 1.73 bits per heavy atom. The van der Waals surface area contributed by atoms with Crippen molar-refractivity contribution in [2.75, 3.05) is 13.4 Å². The van der Waals surface area contributed by atoms with Crippen molar-refractivity contribution in [1.29, 1.82) is 0 Å². The van der Waals surface area contributed by atoms with E-state index in [0.29, 0.717) is 24.7 Å². The van der Waals surface area contributed by atoms with Crippen LogP contribution < -0.4 is 18.9 Å². The minimum absolute atomic E-state index is 0.0796. The summed E-state index contributed by atoms with van der Waals surface area (Å²) in [7, 11) is -3.72. The van der Waals surface area contributed by atoms with Gasteiger partial charge < -0.3 is 14.2 Å². The van der Waals surface area contributed by atoms with Gasteiger partial charge in [0, 0.05) is 23.4 Å². The lowest BCUT2D eigenvalue weighted by atomic mass is 9.99. The predicted octanol–water partition coefficient (Wildman–Crippen LogP) is 6.50. The number of pyridine rings is 2. The molecule has 0 bridgehead atoms. The number of hydrogen-bond donors (Lipinski definition) is 1. The van der Waals surface area contributed by atoms with Crippen LogP contribution in [-0.4, -0.2) is 37.3 Å². The molecule has 10 heteroatoms. The summed E-state index contributed by atoms with van der Waals surface area (Å²) in [4.78, 5) is 8.70. The minimum atomic E-state index is -3.72. The highest BCUT2D eigenvalue weighted by molar-refractivity contribution is 7.89. The molecule has 0 saturated heterocycles. The van der Waals surface area contributed by atoms with Crippen molar-refractivity contribution in [3.05, 3.63) is 84.1 Å². The molecule has 0 unspecified atom stereocenters. The van der Waals surface area contributed by atoms with Gasteiger partial charge in [0.25, 0.3) is 0 Å². The first-order valence-electron chi connectivity index (χ1n) is 12.9. The summed E-state index contributed by atoms with van der Waals surface area (Å²) in [5.41, 5.74) is 3.06. The van der Waals surface area contributed by atoms with E-state index in [0.717, 1.165) is 41.0 Å². The third-order valence-corrected chi connectivity index (χ3v) is 8.35. The first kappa shape index (κ1) is 27.9. The highest BCUT2D eigenvalue weighted by Gasteiger charge is 2.26. The van der Waals surface area contributed by atoms with Crippen molar-refractivity contribution in [2.24, 2.45) is 0 Å². The zero-order valence-electron chi connectivity index (χ0n) is 22.3. The third kappa shape index (κ3) is 6.91. The molecule has 5 rings (SSSR count). The molecular formula is C30H30ClN3O5S. The SMILES string of the molecule is CC(C)(CCCCOc1cc(-c2ccc3c(c2)OCO3)cc(-c2ccccc2)n1)NS(=O)(=O)c1ccc(Cl)nc1. The number of unbranched alkanes of at least 4 members (excludes halogenated alkanes) is 1. The highest BCUT2D eigenvalue weighted by Crippen LogP contribution is 2.37. The number of nitrogens with zero attached hydrogens (tertiary/aromatic N) is 2. The maximum Gasteiger partial charge on any atom is 0.242 e. The number of hydrogen-bond acceptors (Lipinski definition) is 7. The Bertz CT molecular complexity index is 1580. The summed E-state index contributed by atoms with van der Waals surface area (Å²) in [5.74, 6) is 1.96. The van der Waals surface area contributed by atoms with Crippen molar-refractivity contribution >= 4 is 21.6 Å². The standard InChI is InChI=1S/C30H30ClN3O5S/c1-30(2,34-40(35,36)24-11-13-28(31)32-19-24)14-6-7-15-37-29-18-23(16-25(33-29)21-8-4-3-5-9-21)22-10-12-26-27(17-22)39-20-38-26/h3-5,8-13,16-19,34H,6-7,14-15,20H2,1-2H3. The Kier molecular flexibility index (Phi) is 8.25. The minimum Gasteiger partial charge on any atom is -0.478 e. The van der Waals surface area contributed by atoms with Gasteiger partial charge in [-0.25, -0.2) is 23.1 Å². The molecule has 0 saturated carbocycles. The quantitative estimate of drug-likeness (QED) is 0.160. The van der Waals surface area contributed by atoms with Crippen LogP contribution in [0.25, 0.3) is 22.4 Å². The molecule has 4 aromatic rings. The molecule has 8 nitrogen and oxygen atoms in total. The monoisotopic (exact) mass is 579 g/mol. The third-order valence-electron chi connectivity index (χ3n) is 6.44. The zero-order valence-corrected chi connectivity index (χ0v) is 23.8. The van der Waals surface area contributed by atoms with Crippen LogP contribution >= 0.6 is 11.6 Å². The summed E-state index contributed by atoms with van der Waals surface area (Å²) >= 11 is 5.78. The summed E-state index contributed by atoms with van der Waals surface area (Å²) in [6.07, 6.45) is 3.35.